The van der Waals surface area contributed by atoms with Gasteiger partial charge in [-0.25, -0.2) is 0 Å². The maximum Gasteiger partial charge on any atom is 0.221 e. The predicted molar refractivity (Wildman–Crippen MR) is 82.6 cm³/mol. The summed E-state index contributed by atoms with van der Waals surface area (Å²) in [6.07, 6.45) is 1.28. The number of amides is 1. The largest absolute Gasteiger partial charge is 0.493 e. The summed E-state index contributed by atoms with van der Waals surface area (Å²) in [7, 11) is 0. The molecule has 2 rings (SSSR count). The number of halogens is 1. The van der Waals surface area contributed by atoms with E-state index in [1.54, 1.807) is 0 Å². The van der Waals surface area contributed by atoms with Crippen molar-refractivity contribution in [2.24, 2.45) is 11.7 Å². The first-order valence-corrected chi connectivity index (χ1v) is 7.73. The Morgan fingerprint density at radius 2 is 2.25 bits per heavy atom. The molecule has 1 aromatic rings. The third-order valence-corrected chi connectivity index (χ3v) is 4.04. The van der Waals surface area contributed by atoms with Gasteiger partial charge in [-0.15, -0.1) is 0 Å². The van der Waals surface area contributed by atoms with Crippen molar-refractivity contribution in [3.63, 3.8) is 0 Å². The van der Waals surface area contributed by atoms with Gasteiger partial charge in [0.25, 0.3) is 0 Å². The molecule has 1 heterocycles. The standard InChI is InChI=1S/C15H21BrN2O2/c1-9(2)13(17)7-14(19)18-8-11-6-12(16)5-10-3-4-20-15(10)11/h5-6,9,13H,3-4,7-8,17H2,1-2H3,(H,18,19). The Kier molecular flexibility index (Phi) is 5.05. The topological polar surface area (TPSA) is 64.4 Å². The first kappa shape index (κ1) is 15.3. The Bertz CT molecular complexity index is 503. The van der Waals surface area contributed by atoms with Gasteiger partial charge in [-0.3, -0.25) is 4.79 Å². The molecule has 0 fully saturated rings. The quantitative estimate of drug-likeness (QED) is 0.864. The van der Waals surface area contributed by atoms with E-state index in [-0.39, 0.29) is 11.9 Å². The monoisotopic (exact) mass is 340 g/mol. The fourth-order valence-corrected chi connectivity index (χ4v) is 2.75. The van der Waals surface area contributed by atoms with E-state index in [0.29, 0.717) is 25.5 Å². The van der Waals surface area contributed by atoms with Crippen molar-refractivity contribution in [3.8, 4) is 5.75 Å². The molecule has 1 aliphatic rings. The lowest BCUT2D eigenvalue weighted by atomic mass is 10.0. The minimum atomic E-state index is -0.0977. The van der Waals surface area contributed by atoms with E-state index in [0.717, 1.165) is 22.2 Å². The predicted octanol–water partition coefficient (Wildman–Crippen LogP) is 2.37. The molecule has 0 bridgehead atoms. The number of ether oxygens (including phenoxy) is 1. The second-order valence-corrected chi connectivity index (χ2v) is 6.46. The average molecular weight is 341 g/mol. The van der Waals surface area contributed by atoms with Crippen molar-refractivity contribution >= 4 is 21.8 Å². The van der Waals surface area contributed by atoms with Crippen LogP contribution in [0, 0.1) is 5.92 Å². The fraction of sp³-hybridized carbons (Fsp3) is 0.533. The lowest BCUT2D eigenvalue weighted by Crippen LogP contribution is -2.34. The molecule has 5 heteroatoms. The van der Waals surface area contributed by atoms with Crippen LogP contribution >= 0.6 is 15.9 Å². The first-order valence-electron chi connectivity index (χ1n) is 6.93. The average Bonchev–Trinajstić information content (AvgIpc) is 2.83. The van der Waals surface area contributed by atoms with Gasteiger partial charge >= 0.3 is 0 Å². The highest BCUT2D eigenvalue weighted by atomic mass is 79.9. The smallest absolute Gasteiger partial charge is 0.221 e. The summed E-state index contributed by atoms with van der Waals surface area (Å²) in [6.45, 7) is 5.23. The van der Waals surface area contributed by atoms with Gasteiger partial charge in [-0.2, -0.15) is 0 Å². The van der Waals surface area contributed by atoms with Gasteiger partial charge in [0.1, 0.15) is 5.75 Å². The third kappa shape index (κ3) is 3.73. The van der Waals surface area contributed by atoms with Crippen LogP contribution in [-0.2, 0) is 17.8 Å². The molecule has 0 radical (unpaired) electrons. The summed E-state index contributed by atoms with van der Waals surface area (Å²) in [4.78, 5) is 11.9. The molecular weight excluding hydrogens is 320 g/mol. The lowest BCUT2D eigenvalue weighted by Gasteiger charge is -2.15. The van der Waals surface area contributed by atoms with Gasteiger partial charge in [0.15, 0.2) is 0 Å². The van der Waals surface area contributed by atoms with Crippen LogP contribution in [0.5, 0.6) is 5.75 Å². The van der Waals surface area contributed by atoms with Gasteiger partial charge < -0.3 is 15.8 Å². The minimum absolute atomic E-state index is 0.0158. The summed E-state index contributed by atoms with van der Waals surface area (Å²) in [6, 6.07) is 3.97. The zero-order chi connectivity index (χ0) is 14.7. The number of carbonyl (C=O) groups excluding carboxylic acids is 1. The van der Waals surface area contributed by atoms with E-state index < -0.39 is 0 Å². The highest BCUT2D eigenvalue weighted by Gasteiger charge is 2.18. The van der Waals surface area contributed by atoms with E-state index in [1.807, 2.05) is 19.9 Å². The number of carbonyl (C=O) groups is 1. The highest BCUT2D eigenvalue weighted by molar-refractivity contribution is 9.10. The molecule has 1 aliphatic heterocycles. The van der Waals surface area contributed by atoms with Crippen LogP contribution in [-0.4, -0.2) is 18.6 Å². The van der Waals surface area contributed by atoms with Crippen molar-refractivity contribution in [1.29, 1.82) is 0 Å². The molecule has 1 unspecified atom stereocenters. The van der Waals surface area contributed by atoms with Crippen molar-refractivity contribution in [2.45, 2.75) is 39.3 Å². The van der Waals surface area contributed by atoms with Gasteiger partial charge in [-0.1, -0.05) is 29.8 Å². The molecule has 20 heavy (non-hydrogen) atoms. The Hall–Kier alpha value is -1.07. The zero-order valence-electron chi connectivity index (χ0n) is 11.9. The molecule has 4 nitrogen and oxygen atoms in total. The number of hydrogen-bond acceptors (Lipinski definition) is 3. The molecule has 0 saturated carbocycles. The van der Waals surface area contributed by atoms with Crippen molar-refractivity contribution in [2.75, 3.05) is 6.61 Å². The van der Waals surface area contributed by atoms with Crippen molar-refractivity contribution in [1.82, 2.24) is 5.32 Å². The molecular formula is C15H21BrN2O2. The normalized spacial score (nSPS) is 14.8. The second-order valence-electron chi connectivity index (χ2n) is 5.54. The van der Waals surface area contributed by atoms with E-state index in [2.05, 4.69) is 27.3 Å². The molecule has 1 amide bonds. The van der Waals surface area contributed by atoms with E-state index in [4.69, 9.17) is 10.5 Å². The van der Waals surface area contributed by atoms with Gasteiger partial charge in [-0.05, 0) is 23.6 Å². The van der Waals surface area contributed by atoms with Crippen LogP contribution in [0.1, 0.15) is 31.4 Å². The molecule has 3 N–H and O–H groups in total. The van der Waals surface area contributed by atoms with Crippen LogP contribution in [0.3, 0.4) is 0 Å². The van der Waals surface area contributed by atoms with Gasteiger partial charge in [0, 0.05) is 35.5 Å². The molecule has 0 aromatic heterocycles. The maximum atomic E-state index is 11.9. The summed E-state index contributed by atoms with van der Waals surface area (Å²) in [5.41, 5.74) is 8.12. The maximum absolute atomic E-state index is 11.9. The molecule has 0 spiro atoms. The Morgan fingerprint density at radius 3 is 2.95 bits per heavy atom. The third-order valence-electron chi connectivity index (χ3n) is 3.58. The van der Waals surface area contributed by atoms with Gasteiger partial charge in [0.05, 0.1) is 6.61 Å². The SMILES string of the molecule is CC(C)C(N)CC(=O)NCc1cc(Br)cc2c1OCC2. The van der Waals surface area contributed by atoms with Crippen molar-refractivity contribution in [3.05, 3.63) is 27.7 Å². The Balaban J connectivity index is 1.96. The molecule has 110 valence electrons. The Morgan fingerprint density at radius 1 is 1.50 bits per heavy atom. The van der Waals surface area contributed by atoms with Crippen LogP contribution in [0.15, 0.2) is 16.6 Å². The van der Waals surface area contributed by atoms with Crippen LogP contribution in [0.4, 0.5) is 0 Å². The number of nitrogens with two attached hydrogens (primary N) is 1. The molecule has 0 aliphatic carbocycles. The number of rotatable bonds is 5. The van der Waals surface area contributed by atoms with E-state index in [1.165, 1.54) is 5.56 Å². The summed E-state index contributed by atoms with van der Waals surface area (Å²) in [5, 5.41) is 2.92. The number of hydrogen-bond donors (Lipinski definition) is 2. The number of fused-ring (bicyclic) bond motifs is 1. The second kappa shape index (κ2) is 6.59. The lowest BCUT2D eigenvalue weighted by molar-refractivity contribution is -0.121. The van der Waals surface area contributed by atoms with Crippen molar-refractivity contribution < 1.29 is 9.53 Å². The number of benzene rings is 1. The van der Waals surface area contributed by atoms with Crippen LogP contribution in [0.2, 0.25) is 0 Å². The molecule has 1 aromatic carbocycles. The van der Waals surface area contributed by atoms with Crippen LogP contribution < -0.4 is 15.8 Å². The fourth-order valence-electron chi connectivity index (χ4n) is 2.19. The summed E-state index contributed by atoms with van der Waals surface area (Å²) < 4.78 is 6.66. The van der Waals surface area contributed by atoms with Gasteiger partial charge in [0.2, 0.25) is 5.91 Å². The van der Waals surface area contributed by atoms with Crippen LogP contribution in [0.25, 0.3) is 0 Å². The minimum Gasteiger partial charge on any atom is -0.493 e. The number of nitrogens with one attached hydrogen (secondary N) is 1. The van der Waals surface area contributed by atoms with E-state index in [9.17, 15) is 4.79 Å². The summed E-state index contributed by atoms with van der Waals surface area (Å²) in [5.74, 6) is 1.21. The molecule has 0 saturated heterocycles. The first-order chi connectivity index (χ1) is 9.47. The Labute approximate surface area is 128 Å². The summed E-state index contributed by atoms with van der Waals surface area (Å²) >= 11 is 3.49. The van der Waals surface area contributed by atoms with E-state index >= 15 is 0 Å². The highest BCUT2D eigenvalue weighted by Crippen LogP contribution is 2.32. The zero-order valence-corrected chi connectivity index (χ0v) is 13.5. The molecule has 1 atom stereocenters.